The van der Waals surface area contributed by atoms with E-state index >= 15 is 0 Å². The summed E-state index contributed by atoms with van der Waals surface area (Å²) in [6.07, 6.45) is 14.8. The van der Waals surface area contributed by atoms with Gasteiger partial charge < -0.3 is 9.84 Å². The van der Waals surface area contributed by atoms with Crippen LogP contribution in [0.15, 0.2) is 12.2 Å². The SMILES string of the molecule is CCCCC[C@H](O)/C=C/[C@H]1CCC(=O)[C@@H]1CCCCCCC(=O)OC. The van der Waals surface area contributed by atoms with E-state index in [1.54, 1.807) is 0 Å². The number of unbranched alkanes of at least 4 members (excludes halogenated alkanes) is 5. The average molecular weight is 353 g/mol. The van der Waals surface area contributed by atoms with Crippen molar-refractivity contribution in [2.45, 2.75) is 90.1 Å². The predicted octanol–water partition coefficient (Wildman–Crippen LogP) is 4.59. The van der Waals surface area contributed by atoms with Gasteiger partial charge in [0.15, 0.2) is 0 Å². The van der Waals surface area contributed by atoms with Gasteiger partial charge in [0.25, 0.3) is 0 Å². The van der Waals surface area contributed by atoms with E-state index in [1.165, 1.54) is 7.11 Å². The summed E-state index contributed by atoms with van der Waals surface area (Å²) in [5, 5.41) is 10.0. The molecule has 1 aliphatic carbocycles. The van der Waals surface area contributed by atoms with Crippen LogP contribution in [0.4, 0.5) is 0 Å². The summed E-state index contributed by atoms with van der Waals surface area (Å²) < 4.78 is 4.63. The summed E-state index contributed by atoms with van der Waals surface area (Å²) in [6.45, 7) is 2.16. The highest BCUT2D eigenvalue weighted by molar-refractivity contribution is 5.83. The fourth-order valence-corrected chi connectivity index (χ4v) is 3.60. The highest BCUT2D eigenvalue weighted by atomic mass is 16.5. The van der Waals surface area contributed by atoms with E-state index in [1.807, 2.05) is 6.08 Å². The molecule has 1 N–H and O–H groups in total. The molecule has 1 saturated carbocycles. The molecule has 0 aromatic carbocycles. The Kier molecular flexibility index (Phi) is 11.5. The molecular weight excluding hydrogens is 316 g/mol. The molecule has 1 rings (SSSR count). The number of aliphatic hydroxyl groups excluding tert-OH is 1. The maximum atomic E-state index is 12.1. The molecule has 144 valence electrons. The number of esters is 1. The number of aliphatic hydroxyl groups is 1. The van der Waals surface area contributed by atoms with E-state index in [0.717, 1.165) is 64.2 Å². The Morgan fingerprint density at radius 3 is 2.72 bits per heavy atom. The van der Waals surface area contributed by atoms with Crippen LogP contribution in [-0.4, -0.2) is 30.1 Å². The van der Waals surface area contributed by atoms with E-state index in [-0.39, 0.29) is 18.0 Å². The van der Waals surface area contributed by atoms with Gasteiger partial charge in [-0.05, 0) is 31.6 Å². The third kappa shape index (κ3) is 9.20. The van der Waals surface area contributed by atoms with Crippen LogP contribution in [-0.2, 0) is 14.3 Å². The Hall–Kier alpha value is -1.16. The van der Waals surface area contributed by atoms with E-state index in [9.17, 15) is 14.7 Å². The molecule has 0 aromatic rings. The second-order valence-electron chi connectivity index (χ2n) is 7.25. The largest absolute Gasteiger partial charge is 0.469 e. The number of ether oxygens (including phenoxy) is 1. The normalized spacial score (nSPS) is 21.8. The Morgan fingerprint density at radius 2 is 2.00 bits per heavy atom. The van der Waals surface area contributed by atoms with Gasteiger partial charge in [0.2, 0.25) is 0 Å². The summed E-state index contributed by atoms with van der Waals surface area (Å²) >= 11 is 0. The summed E-state index contributed by atoms with van der Waals surface area (Å²) in [6, 6.07) is 0. The van der Waals surface area contributed by atoms with Crippen LogP contribution < -0.4 is 0 Å². The lowest BCUT2D eigenvalue weighted by Crippen LogP contribution is -2.14. The molecule has 25 heavy (non-hydrogen) atoms. The predicted molar refractivity (Wildman–Crippen MR) is 100 cm³/mol. The van der Waals surface area contributed by atoms with Crippen LogP contribution in [0.3, 0.4) is 0 Å². The number of ketones is 1. The van der Waals surface area contributed by atoms with Crippen molar-refractivity contribution in [3.8, 4) is 0 Å². The standard InChI is InChI=1S/C21H36O4/c1-3-4-7-10-18(22)15-13-17-14-16-20(23)19(17)11-8-5-6-9-12-21(24)25-2/h13,15,17-19,22H,3-12,14,16H2,1-2H3/b15-13+/t17-,18-,19+/m0/s1. The van der Waals surface area contributed by atoms with Crippen molar-refractivity contribution in [2.24, 2.45) is 11.8 Å². The van der Waals surface area contributed by atoms with Crippen LogP contribution in [0.5, 0.6) is 0 Å². The lowest BCUT2D eigenvalue weighted by Gasteiger charge is -2.15. The van der Waals surface area contributed by atoms with Crippen LogP contribution in [0.2, 0.25) is 0 Å². The lowest BCUT2D eigenvalue weighted by molar-refractivity contribution is -0.140. The van der Waals surface area contributed by atoms with Gasteiger partial charge in [-0.3, -0.25) is 9.59 Å². The van der Waals surface area contributed by atoms with Crippen molar-refractivity contribution >= 4 is 11.8 Å². The fourth-order valence-electron chi connectivity index (χ4n) is 3.60. The summed E-state index contributed by atoms with van der Waals surface area (Å²) in [4.78, 5) is 23.2. The van der Waals surface area contributed by atoms with Gasteiger partial charge in [-0.15, -0.1) is 0 Å². The molecule has 1 aliphatic rings. The number of carbonyl (C=O) groups excluding carboxylic acids is 2. The molecule has 0 aromatic heterocycles. The maximum absolute atomic E-state index is 12.1. The number of Topliss-reactive ketones (excluding diaryl/α,β-unsaturated/α-hetero) is 1. The zero-order valence-electron chi connectivity index (χ0n) is 16.0. The van der Waals surface area contributed by atoms with Gasteiger partial charge in [-0.25, -0.2) is 0 Å². The highest BCUT2D eigenvalue weighted by Gasteiger charge is 2.32. The molecule has 0 heterocycles. The first-order chi connectivity index (χ1) is 12.1. The van der Waals surface area contributed by atoms with Crippen molar-refractivity contribution in [3.63, 3.8) is 0 Å². The number of hydrogen-bond acceptors (Lipinski definition) is 4. The third-order valence-electron chi connectivity index (χ3n) is 5.21. The molecule has 0 spiro atoms. The highest BCUT2D eigenvalue weighted by Crippen LogP contribution is 2.34. The number of allylic oxidation sites excluding steroid dienone is 1. The van der Waals surface area contributed by atoms with Crippen molar-refractivity contribution < 1.29 is 19.4 Å². The van der Waals surface area contributed by atoms with E-state index in [0.29, 0.717) is 24.5 Å². The van der Waals surface area contributed by atoms with Gasteiger partial charge in [-0.2, -0.15) is 0 Å². The molecule has 0 amide bonds. The quantitative estimate of drug-likeness (QED) is 0.299. The summed E-state index contributed by atoms with van der Waals surface area (Å²) in [5.41, 5.74) is 0. The number of rotatable bonds is 13. The van der Waals surface area contributed by atoms with Crippen LogP contribution >= 0.6 is 0 Å². The van der Waals surface area contributed by atoms with Crippen LogP contribution in [0.25, 0.3) is 0 Å². The van der Waals surface area contributed by atoms with Gasteiger partial charge in [0.05, 0.1) is 13.2 Å². The Labute approximate surface area is 153 Å². The molecule has 1 fully saturated rings. The molecule has 0 aliphatic heterocycles. The topological polar surface area (TPSA) is 63.6 Å². The second-order valence-corrected chi connectivity index (χ2v) is 7.25. The molecule has 3 atom stereocenters. The summed E-state index contributed by atoms with van der Waals surface area (Å²) in [5.74, 6) is 0.654. The fraction of sp³-hybridized carbons (Fsp3) is 0.810. The zero-order valence-corrected chi connectivity index (χ0v) is 16.0. The van der Waals surface area contributed by atoms with Gasteiger partial charge in [0.1, 0.15) is 5.78 Å². The molecule has 4 heteroatoms. The molecule has 0 radical (unpaired) electrons. The van der Waals surface area contributed by atoms with Crippen LogP contribution in [0, 0.1) is 11.8 Å². The molecule has 4 nitrogen and oxygen atoms in total. The van der Waals surface area contributed by atoms with Crippen molar-refractivity contribution in [2.75, 3.05) is 7.11 Å². The first kappa shape index (κ1) is 21.9. The zero-order chi connectivity index (χ0) is 18.5. The van der Waals surface area contributed by atoms with Crippen molar-refractivity contribution in [3.05, 3.63) is 12.2 Å². The van der Waals surface area contributed by atoms with Gasteiger partial charge >= 0.3 is 5.97 Å². The molecule has 0 unspecified atom stereocenters. The van der Waals surface area contributed by atoms with Gasteiger partial charge in [0, 0.05) is 18.8 Å². The minimum atomic E-state index is -0.374. The van der Waals surface area contributed by atoms with Crippen molar-refractivity contribution in [1.29, 1.82) is 0 Å². The Morgan fingerprint density at radius 1 is 1.24 bits per heavy atom. The van der Waals surface area contributed by atoms with Crippen molar-refractivity contribution in [1.82, 2.24) is 0 Å². The maximum Gasteiger partial charge on any atom is 0.305 e. The van der Waals surface area contributed by atoms with Gasteiger partial charge in [-0.1, -0.05) is 57.6 Å². The molecule has 0 saturated heterocycles. The molecular formula is C21H36O4. The molecule has 0 bridgehead atoms. The first-order valence-electron chi connectivity index (χ1n) is 10.0. The minimum Gasteiger partial charge on any atom is -0.469 e. The first-order valence-corrected chi connectivity index (χ1v) is 10.0. The number of carbonyl (C=O) groups is 2. The van der Waals surface area contributed by atoms with E-state index in [4.69, 9.17) is 0 Å². The van der Waals surface area contributed by atoms with E-state index in [2.05, 4.69) is 17.7 Å². The number of hydrogen-bond donors (Lipinski definition) is 1. The van der Waals surface area contributed by atoms with Crippen LogP contribution in [0.1, 0.15) is 84.0 Å². The average Bonchev–Trinajstić information content (AvgIpc) is 2.96. The summed E-state index contributed by atoms with van der Waals surface area (Å²) in [7, 11) is 1.42. The number of methoxy groups -OCH3 is 1. The third-order valence-corrected chi connectivity index (χ3v) is 5.21. The lowest BCUT2D eigenvalue weighted by atomic mass is 9.89. The second kappa shape index (κ2) is 13.1. The smallest absolute Gasteiger partial charge is 0.305 e. The minimum absolute atomic E-state index is 0.125. The van der Waals surface area contributed by atoms with E-state index < -0.39 is 0 Å². The Balaban J connectivity index is 2.26. The Bertz CT molecular complexity index is 416. The monoisotopic (exact) mass is 352 g/mol.